The lowest BCUT2D eigenvalue weighted by atomic mass is 10.2. The minimum absolute atomic E-state index is 0.176. The molecular weight excluding hydrogens is 256 g/mol. The number of nitrogens with two attached hydrogens (primary N) is 1. The number of methoxy groups -OCH3 is 1. The van der Waals surface area contributed by atoms with Crippen LogP contribution in [0, 0.1) is 0 Å². The highest BCUT2D eigenvalue weighted by Gasteiger charge is 2.05. The number of nitrogens with zero attached hydrogens (tertiary/aromatic N) is 1. The zero-order valence-electron chi connectivity index (χ0n) is 12.3. The molecule has 0 bridgehead atoms. The molecule has 0 saturated heterocycles. The van der Waals surface area contributed by atoms with E-state index in [4.69, 9.17) is 10.5 Å². The molecule has 0 fully saturated rings. The second kappa shape index (κ2) is 9.34. The lowest BCUT2D eigenvalue weighted by Gasteiger charge is -2.16. The molecule has 20 heavy (non-hydrogen) atoms. The number of hydrogen-bond donors (Lipinski definition) is 1. The average molecular weight is 280 g/mol. The number of benzene rings is 1. The van der Waals surface area contributed by atoms with Crippen LogP contribution in [-0.4, -0.2) is 44.7 Å². The molecule has 0 spiro atoms. The van der Waals surface area contributed by atoms with E-state index in [0.717, 1.165) is 24.3 Å². The third-order valence-corrected chi connectivity index (χ3v) is 3.06. The van der Waals surface area contributed by atoms with Gasteiger partial charge in [-0.3, -0.25) is 4.79 Å². The van der Waals surface area contributed by atoms with Crippen molar-refractivity contribution in [2.24, 2.45) is 5.73 Å². The normalized spacial score (nSPS) is 10.6. The summed E-state index contributed by atoms with van der Waals surface area (Å²) in [4.78, 5) is 13.1. The second-order valence-corrected chi connectivity index (χ2v) is 4.64. The van der Waals surface area contributed by atoms with E-state index in [1.165, 1.54) is 7.11 Å². The standard InChI is InChI=1S/C15H24N2O3/c1-17(10-8-15(18)19-2)9-5-11-20-14-7-4-3-6-13(14)12-16/h3-4,6-7H,5,8-12,16H2,1-2H3. The smallest absolute Gasteiger partial charge is 0.306 e. The van der Waals surface area contributed by atoms with Crippen molar-refractivity contribution in [2.75, 3.05) is 33.9 Å². The van der Waals surface area contributed by atoms with Crippen LogP contribution in [0.4, 0.5) is 0 Å². The van der Waals surface area contributed by atoms with E-state index in [1.807, 2.05) is 31.3 Å². The molecule has 0 atom stereocenters. The van der Waals surface area contributed by atoms with Gasteiger partial charge in [-0.05, 0) is 19.5 Å². The van der Waals surface area contributed by atoms with Crippen molar-refractivity contribution >= 4 is 5.97 Å². The fourth-order valence-electron chi connectivity index (χ4n) is 1.83. The fourth-order valence-corrected chi connectivity index (χ4v) is 1.83. The predicted octanol–water partition coefficient (Wildman–Crippen LogP) is 1.41. The zero-order chi connectivity index (χ0) is 14.8. The van der Waals surface area contributed by atoms with Crippen LogP contribution >= 0.6 is 0 Å². The van der Waals surface area contributed by atoms with Gasteiger partial charge >= 0.3 is 5.97 Å². The van der Waals surface area contributed by atoms with Crippen LogP contribution in [-0.2, 0) is 16.1 Å². The molecular formula is C15H24N2O3. The summed E-state index contributed by atoms with van der Waals surface area (Å²) >= 11 is 0. The number of carbonyl (C=O) groups excluding carboxylic acids is 1. The maximum atomic E-state index is 11.0. The quantitative estimate of drug-likeness (QED) is 0.547. The molecule has 0 amide bonds. The number of rotatable bonds is 9. The maximum absolute atomic E-state index is 11.0. The summed E-state index contributed by atoms with van der Waals surface area (Å²) in [6.07, 6.45) is 1.32. The second-order valence-electron chi connectivity index (χ2n) is 4.64. The summed E-state index contributed by atoms with van der Waals surface area (Å²) in [5.74, 6) is 0.678. The number of para-hydroxylation sites is 1. The van der Waals surface area contributed by atoms with Gasteiger partial charge in [0.1, 0.15) is 5.75 Å². The Morgan fingerprint density at radius 3 is 2.75 bits per heavy atom. The monoisotopic (exact) mass is 280 g/mol. The fraction of sp³-hybridized carbons (Fsp3) is 0.533. The van der Waals surface area contributed by atoms with Gasteiger partial charge in [-0.15, -0.1) is 0 Å². The van der Waals surface area contributed by atoms with Crippen molar-refractivity contribution in [1.29, 1.82) is 0 Å². The third-order valence-electron chi connectivity index (χ3n) is 3.06. The van der Waals surface area contributed by atoms with Crippen LogP contribution in [0.5, 0.6) is 5.75 Å². The molecule has 112 valence electrons. The largest absolute Gasteiger partial charge is 0.493 e. The molecule has 0 saturated carbocycles. The lowest BCUT2D eigenvalue weighted by Crippen LogP contribution is -2.24. The van der Waals surface area contributed by atoms with Crippen LogP contribution in [0.25, 0.3) is 0 Å². The Morgan fingerprint density at radius 2 is 2.05 bits per heavy atom. The van der Waals surface area contributed by atoms with Crippen molar-refractivity contribution in [3.8, 4) is 5.75 Å². The summed E-state index contributed by atoms with van der Waals surface area (Å²) in [7, 11) is 3.39. The molecule has 1 aromatic rings. The van der Waals surface area contributed by atoms with E-state index >= 15 is 0 Å². The Labute approximate surface area is 120 Å². The van der Waals surface area contributed by atoms with Gasteiger partial charge in [0.05, 0.1) is 20.1 Å². The first-order valence-electron chi connectivity index (χ1n) is 6.83. The number of esters is 1. The summed E-state index contributed by atoms with van der Waals surface area (Å²) in [6, 6.07) is 7.80. The minimum Gasteiger partial charge on any atom is -0.493 e. The first-order valence-corrected chi connectivity index (χ1v) is 6.83. The zero-order valence-corrected chi connectivity index (χ0v) is 12.3. The summed E-state index contributed by atoms with van der Waals surface area (Å²) in [5.41, 5.74) is 6.67. The van der Waals surface area contributed by atoms with E-state index in [0.29, 0.717) is 26.1 Å². The molecule has 5 nitrogen and oxygen atoms in total. The Bertz CT molecular complexity index is 410. The minimum atomic E-state index is -0.176. The van der Waals surface area contributed by atoms with Gasteiger partial charge in [0.2, 0.25) is 0 Å². The molecule has 0 aromatic heterocycles. The molecule has 2 N–H and O–H groups in total. The van der Waals surface area contributed by atoms with E-state index in [1.54, 1.807) is 0 Å². The number of carbonyl (C=O) groups is 1. The van der Waals surface area contributed by atoms with Gasteiger partial charge in [-0.25, -0.2) is 0 Å². The molecule has 0 aliphatic heterocycles. The highest BCUT2D eigenvalue weighted by Crippen LogP contribution is 2.17. The van der Waals surface area contributed by atoms with Crippen LogP contribution < -0.4 is 10.5 Å². The highest BCUT2D eigenvalue weighted by molar-refractivity contribution is 5.69. The van der Waals surface area contributed by atoms with Gasteiger partial charge < -0.3 is 20.1 Å². The van der Waals surface area contributed by atoms with Crippen LogP contribution in [0.1, 0.15) is 18.4 Å². The first kappa shape index (κ1) is 16.5. The number of ether oxygens (including phenoxy) is 2. The molecule has 0 radical (unpaired) electrons. The lowest BCUT2D eigenvalue weighted by molar-refractivity contribution is -0.140. The van der Waals surface area contributed by atoms with Crippen molar-refractivity contribution < 1.29 is 14.3 Å². The SMILES string of the molecule is COC(=O)CCN(C)CCCOc1ccccc1CN. The average Bonchev–Trinajstić information content (AvgIpc) is 2.49. The summed E-state index contributed by atoms with van der Waals surface area (Å²) < 4.78 is 10.3. The van der Waals surface area contributed by atoms with Gasteiger partial charge in [-0.1, -0.05) is 18.2 Å². The van der Waals surface area contributed by atoms with E-state index in [-0.39, 0.29) is 5.97 Å². The van der Waals surface area contributed by atoms with Gasteiger partial charge in [-0.2, -0.15) is 0 Å². The topological polar surface area (TPSA) is 64.8 Å². The maximum Gasteiger partial charge on any atom is 0.306 e. The Kier molecular flexibility index (Phi) is 7.69. The molecule has 0 aliphatic carbocycles. The van der Waals surface area contributed by atoms with Gasteiger partial charge in [0, 0.05) is 25.2 Å². The third kappa shape index (κ3) is 6.04. The van der Waals surface area contributed by atoms with Crippen LogP contribution in [0.15, 0.2) is 24.3 Å². The van der Waals surface area contributed by atoms with Crippen molar-refractivity contribution in [1.82, 2.24) is 4.90 Å². The van der Waals surface area contributed by atoms with Crippen molar-refractivity contribution in [2.45, 2.75) is 19.4 Å². The molecule has 0 aliphatic rings. The molecule has 5 heteroatoms. The first-order chi connectivity index (χ1) is 9.67. The van der Waals surface area contributed by atoms with Crippen molar-refractivity contribution in [3.05, 3.63) is 29.8 Å². The molecule has 1 aromatic carbocycles. The Hall–Kier alpha value is -1.59. The Morgan fingerprint density at radius 1 is 1.30 bits per heavy atom. The summed E-state index contributed by atoms with van der Waals surface area (Å²) in [6.45, 7) is 2.70. The molecule has 0 heterocycles. The summed E-state index contributed by atoms with van der Waals surface area (Å²) in [5, 5.41) is 0. The van der Waals surface area contributed by atoms with E-state index in [2.05, 4.69) is 9.64 Å². The van der Waals surface area contributed by atoms with Gasteiger partial charge in [0.15, 0.2) is 0 Å². The van der Waals surface area contributed by atoms with Gasteiger partial charge in [0.25, 0.3) is 0 Å². The Balaban J connectivity index is 2.19. The molecule has 0 unspecified atom stereocenters. The van der Waals surface area contributed by atoms with Crippen LogP contribution in [0.3, 0.4) is 0 Å². The van der Waals surface area contributed by atoms with Crippen molar-refractivity contribution in [3.63, 3.8) is 0 Å². The predicted molar refractivity (Wildman–Crippen MR) is 78.6 cm³/mol. The van der Waals surface area contributed by atoms with Crippen LogP contribution in [0.2, 0.25) is 0 Å². The highest BCUT2D eigenvalue weighted by atomic mass is 16.5. The van der Waals surface area contributed by atoms with E-state index < -0.39 is 0 Å². The van der Waals surface area contributed by atoms with E-state index in [9.17, 15) is 4.79 Å². The molecule has 1 rings (SSSR count). The number of hydrogen-bond acceptors (Lipinski definition) is 5.